The fourth-order valence-electron chi connectivity index (χ4n) is 1.64. The molecule has 3 nitrogen and oxygen atoms in total. The molecule has 0 unspecified atom stereocenters. The second-order valence-electron chi connectivity index (χ2n) is 4.52. The number of carbonyl (C=O) groups is 1. The standard InChI is InChI=1S/C14H20O3/c1-10(2)12-7-6-11(3)9-13(12)17-8-4-5-14(15)16/h6-7,9-10H,4-5,8H2,1-3H3,(H,15,16)/p-1. The zero-order valence-electron chi connectivity index (χ0n) is 10.7. The van der Waals surface area contributed by atoms with E-state index in [9.17, 15) is 9.90 Å². The number of hydrogen-bond donors (Lipinski definition) is 0. The van der Waals surface area contributed by atoms with Gasteiger partial charge in [-0.15, -0.1) is 0 Å². The summed E-state index contributed by atoms with van der Waals surface area (Å²) in [6.45, 7) is 6.65. The maximum Gasteiger partial charge on any atom is 0.122 e. The first kappa shape index (κ1) is 13.6. The van der Waals surface area contributed by atoms with Crippen molar-refractivity contribution in [3.8, 4) is 5.75 Å². The molecular weight excluding hydrogens is 216 g/mol. The first-order chi connectivity index (χ1) is 8.00. The molecule has 0 heterocycles. The van der Waals surface area contributed by atoms with Gasteiger partial charge in [-0.2, -0.15) is 0 Å². The van der Waals surface area contributed by atoms with Crippen molar-refractivity contribution >= 4 is 5.97 Å². The van der Waals surface area contributed by atoms with Crippen molar-refractivity contribution in [2.24, 2.45) is 0 Å². The van der Waals surface area contributed by atoms with Crippen LogP contribution in [0.5, 0.6) is 5.75 Å². The van der Waals surface area contributed by atoms with E-state index in [1.807, 2.05) is 13.0 Å². The molecule has 0 bridgehead atoms. The van der Waals surface area contributed by atoms with E-state index in [0.29, 0.717) is 18.9 Å². The Morgan fingerprint density at radius 3 is 2.71 bits per heavy atom. The van der Waals surface area contributed by atoms with Crippen molar-refractivity contribution in [1.82, 2.24) is 0 Å². The Kier molecular flexibility index (Phi) is 5.01. The van der Waals surface area contributed by atoms with Crippen molar-refractivity contribution in [3.05, 3.63) is 29.3 Å². The Balaban J connectivity index is 2.62. The minimum absolute atomic E-state index is 0.0445. The molecule has 0 spiro atoms. The topological polar surface area (TPSA) is 49.4 Å². The number of carbonyl (C=O) groups excluding carboxylic acids is 1. The summed E-state index contributed by atoms with van der Waals surface area (Å²) in [5.41, 5.74) is 2.30. The molecule has 1 aromatic carbocycles. The van der Waals surface area contributed by atoms with E-state index in [1.54, 1.807) is 0 Å². The number of aliphatic carboxylic acids is 1. The monoisotopic (exact) mass is 235 g/mol. The molecule has 0 aliphatic rings. The first-order valence-electron chi connectivity index (χ1n) is 5.94. The molecule has 3 heteroatoms. The van der Waals surface area contributed by atoms with Gasteiger partial charge in [0, 0.05) is 5.97 Å². The minimum Gasteiger partial charge on any atom is -0.550 e. The van der Waals surface area contributed by atoms with Gasteiger partial charge in [-0.05, 0) is 42.9 Å². The summed E-state index contributed by atoms with van der Waals surface area (Å²) >= 11 is 0. The largest absolute Gasteiger partial charge is 0.550 e. The predicted octanol–water partition coefficient (Wildman–Crippen LogP) is 2.03. The lowest BCUT2D eigenvalue weighted by Crippen LogP contribution is -2.22. The van der Waals surface area contributed by atoms with Gasteiger partial charge >= 0.3 is 0 Å². The lowest BCUT2D eigenvalue weighted by atomic mass is 10.0. The Hall–Kier alpha value is -1.51. The lowest BCUT2D eigenvalue weighted by molar-refractivity contribution is -0.305. The summed E-state index contributed by atoms with van der Waals surface area (Å²) in [5, 5.41) is 10.3. The van der Waals surface area contributed by atoms with Gasteiger partial charge in [0.05, 0.1) is 6.61 Å². The molecule has 0 aliphatic carbocycles. The fourth-order valence-corrected chi connectivity index (χ4v) is 1.64. The number of rotatable bonds is 6. The minimum atomic E-state index is -1.03. The van der Waals surface area contributed by atoms with E-state index < -0.39 is 5.97 Å². The Morgan fingerprint density at radius 1 is 1.41 bits per heavy atom. The number of aryl methyl sites for hydroxylation is 1. The first-order valence-corrected chi connectivity index (χ1v) is 5.94. The molecule has 1 aromatic rings. The van der Waals surface area contributed by atoms with Crippen LogP contribution in [0.4, 0.5) is 0 Å². The summed E-state index contributed by atoms with van der Waals surface area (Å²) in [5.74, 6) is 0.229. The van der Waals surface area contributed by atoms with E-state index in [0.717, 1.165) is 16.9 Å². The number of benzene rings is 1. The van der Waals surface area contributed by atoms with Crippen LogP contribution >= 0.6 is 0 Å². The van der Waals surface area contributed by atoms with Gasteiger partial charge in [-0.1, -0.05) is 26.0 Å². The van der Waals surface area contributed by atoms with Crippen molar-refractivity contribution in [2.45, 2.75) is 39.5 Å². The van der Waals surface area contributed by atoms with Gasteiger partial charge in [-0.25, -0.2) is 0 Å². The van der Waals surface area contributed by atoms with E-state index in [4.69, 9.17) is 4.74 Å². The third-order valence-corrected chi connectivity index (χ3v) is 2.57. The fraction of sp³-hybridized carbons (Fsp3) is 0.500. The highest BCUT2D eigenvalue weighted by Crippen LogP contribution is 2.27. The summed E-state index contributed by atoms with van der Waals surface area (Å²) < 4.78 is 5.64. The van der Waals surface area contributed by atoms with Gasteiger partial charge < -0.3 is 14.6 Å². The maximum atomic E-state index is 10.3. The van der Waals surface area contributed by atoms with E-state index >= 15 is 0 Å². The van der Waals surface area contributed by atoms with E-state index in [-0.39, 0.29) is 6.42 Å². The molecule has 17 heavy (non-hydrogen) atoms. The van der Waals surface area contributed by atoms with Crippen molar-refractivity contribution in [1.29, 1.82) is 0 Å². The molecule has 0 radical (unpaired) electrons. The summed E-state index contributed by atoms with van der Waals surface area (Å²) in [4.78, 5) is 10.3. The van der Waals surface area contributed by atoms with Gasteiger partial charge in [0.1, 0.15) is 5.75 Å². The van der Waals surface area contributed by atoms with Crippen LogP contribution in [0.3, 0.4) is 0 Å². The van der Waals surface area contributed by atoms with Crippen molar-refractivity contribution in [3.63, 3.8) is 0 Å². The van der Waals surface area contributed by atoms with Crippen LogP contribution in [-0.2, 0) is 4.79 Å². The molecule has 0 fully saturated rings. The van der Waals surface area contributed by atoms with Crippen LogP contribution in [0.2, 0.25) is 0 Å². The van der Waals surface area contributed by atoms with Gasteiger partial charge in [-0.3, -0.25) is 0 Å². The van der Waals surface area contributed by atoms with Gasteiger partial charge in [0.2, 0.25) is 0 Å². The van der Waals surface area contributed by atoms with Crippen LogP contribution in [0, 0.1) is 6.92 Å². The predicted molar refractivity (Wildman–Crippen MR) is 65.0 cm³/mol. The highest BCUT2D eigenvalue weighted by molar-refractivity contribution is 5.64. The zero-order valence-corrected chi connectivity index (χ0v) is 10.7. The molecule has 0 saturated carbocycles. The van der Waals surface area contributed by atoms with Crippen LogP contribution in [0.15, 0.2) is 18.2 Å². The normalized spacial score (nSPS) is 10.6. The third kappa shape index (κ3) is 4.47. The van der Waals surface area contributed by atoms with Crippen molar-refractivity contribution in [2.75, 3.05) is 6.61 Å². The molecule has 0 atom stereocenters. The number of ether oxygens (including phenoxy) is 1. The molecule has 0 amide bonds. The number of carboxylic acids is 1. The van der Waals surface area contributed by atoms with Gasteiger partial charge in [0.15, 0.2) is 0 Å². The molecule has 0 aliphatic heterocycles. The second kappa shape index (κ2) is 6.28. The molecule has 1 rings (SSSR count). The maximum absolute atomic E-state index is 10.3. The van der Waals surface area contributed by atoms with Crippen molar-refractivity contribution < 1.29 is 14.6 Å². The summed E-state index contributed by atoms with van der Waals surface area (Å²) in [6.07, 6.45) is 0.524. The van der Waals surface area contributed by atoms with Crippen LogP contribution in [0.25, 0.3) is 0 Å². The Labute approximate surface area is 102 Å². The molecule has 94 valence electrons. The number of hydrogen-bond acceptors (Lipinski definition) is 3. The third-order valence-electron chi connectivity index (χ3n) is 2.57. The second-order valence-corrected chi connectivity index (χ2v) is 4.52. The summed E-state index contributed by atoms with van der Waals surface area (Å²) in [6, 6.07) is 6.12. The summed E-state index contributed by atoms with van der Waals surface area (Å²) in [7, 11) is 0. The van der Waals surface area contributed by atoms with Crippen LogP contribution < -0.4 is 9.84 Å². The highest BCUT2D eigenvalue weighted by Gasteiger charge is 2.07. The molecule has 0 aromatic heterocycles. The Bertz CT molecular complexity index is 383. The van der Waals surface area contributed by atoms with Crippen LogP contribution in [-0.4, -0.2) is 12.6 Å². The van der Waals surface area contributed by atoms with Crippen LogP contribution in [0.1, 0.15) is 43.7 Å². The number of carboxylic acid groups (broad SMARTS) is 1. The molecule has 0 saturated heterocycles. The highest BCUT2D eigenvalue weighted by atomic mass is 16.5. The zero-order chi connectivity index (χ0) is 12.8. The smallest absolute Gasteiger partial charge is 0.122 e. The van der Waals surface area contributed by atoms with Gasteiger partial charge in [0.25, 0.3) is 0 Å². The Morgan fingerprint density at radius 2 is 2.12 bits per heavy atom. The van der Waals surface area contributed by atoms with E-state index in [1.165, 1.54) is 0 Å². The molecular formula is C14H19O3-. The quantitative estimate of drug-likeness (QED) is 0.709. The molecule has 0 N–H and O–H groups in total. The SMILES string of the molecule is Cc1ccc(C(C)C)c(OCCCC(=O)[O-])c1. The lowest BCUT2D eigenvalue weighted by Gasteiger charge is -2.15. The average Bonchev–Trinajstić information content (AvgIpc) is 2.23. The van der Waals surface area contributed by atoms with E-state index in [2.05, 4.69) is 26.0 Å². The average molecular weight is 235 g/mol.